The van der Waals surface area contributed by atoms with Crippen LogP contribution < -0.4 is 5.32 Å². The van der Waals surface area contributed by atoms with Gasteiger partial charge in [-0.1, -0.05) is 6.07 Å². The monoisotopic (exact) mass is 259 g/mol. The first-order chi connectivity index (χ1) is 9.33. The van der Waals surface area contributed by atoms with Crippen LogP contribution in [-0.2, 0) is 13.0 Å². The zero-order chi connectivity index (χ0) is 13.1. The van der Waals surface area contributed by atoms with Crippen molar-refractivity contribution in [3.8, 4) is 0 Å². The van der Waals surface area contributed by atoms with Gasteiger partial charge in [-0.3, -0.25) is 4.68 Å². The van der Waals surface area contributed by atoms with Gasteiger partial charge in [-0.15, -0.1) is 0 Å². The fraction of sp³-hybridized carbons (Fsp3) is 0.400. The number of benzene rings is 1. The highest BCUT2D eigenvalue weighted by Crippen LogP contribution is 2.31. The maximum absolute atomic E-state index is 13.3. The Hall–Kier alpha value is -1.68. The molecule has 1 aromatic heterocycles. The minimum atomic E-state index is -0.135. The molecule has 1 N–H and O–H groups in total. The van der Waals surface area contributed by atoms with Crippen LogP contribution in [0, 0.1) is 5.82 Å². The molecule has 0 radical (unpaired) electrons. The summed E-state index contributed by atoms with van der Waals surface area (Å²) in [4.78, 5) is 0. The molecule has 0 saturated heterocycles. The first-order valence-electron chi connectivity index (χ1n) is 6.82. The number of halogens is 1. The Morgan fingerprint density at radius 2 is 2.37 bits per heavy atom. The van der Waals surface area contributed by atoms with E-state index in [9.17, 15) is 4.39 Å². The van der Waals surface area contributed by atoms with Gasteiger partial charge in [-0.05, 0) is 55.1 Å². The third-order valence-electron chi connectivity index (χ3n) is 3.70. The Labute approximate surface area is 112 Å². The summed E-state index contributed by atoms with van der Waals surface area (Å²) in [6.45, 7) is 1.85. The Balaban J connectivity index is 1.51. The summed E-state index contributed by atoms with van der Waals surface area (Å²) < 4.78 is 15.2. The van der Waals surface area contributed by atoms with E-state index in [4.69, 9.17) is 0 Å². The Kier molecular flexibility index (Phi) is 3.60. The van der Waals surface area contributed by atoms with Crippen LogP contribution >= 0.6 is 0 Å². The van der Waals surface area contributed by atoms with Crippen LogP contribution in [0.4, 0.5) is 4.39 Å². The molecule has 1 aromatic carbocycles. The maximum atomic E-state index is 13.3. The van der Waals surface area contributed by atoms with Crippen LogP contribution in [0.3, 0.4) is 0 Å². The van der Waals surface area contributed by atoms with Gasteiger partial charge < -0.3 is 5.32 Å². The first kappa shape index (κ1) is 12.4. The number of aryl methyl sites for hydroxylation is 2. The van der Waals surface area contributed by atoms with Gasteiger partial charge in [0, 0.05) is 25.0 Å². The van der Waals surface area contributed by atoms with Gasteiger partial charge in [-0.25, -0.2) is 4.39 Å². The Bertz CT molecular complexity index is 536. The fourth-order valence-electron chi connectivity index (χ4n) is 2.74. The molecule has 19 heavy (non-hydrogen) atoms. The summed E-state index contributed by atoms with van der Waals surface area (Å²) in [6.07, 6.45) is 6.92. The highest BCUT2D eigenvalue weighted by molar-refractivity contribution is 5.34. The molecule has 0 saturated carbocycles. The van der Waals surface area contributed by atoms with Crippen molar-refractivity contribution in [2.75, 3.05) is 6.54 Å². The van der Waals surface area contributed by atoms with Crippen molar-refractivity contribution in [2.45, 2.75) is 31.8 Å². The highest BCUT2D eigenvalue weighted by atomic mass is 19.1. The van der Waals surface area contributed by atoms with Crippen molar-refractivity contribution in [1.29, 1.82) is 0 Å². The van der Waals surface area contributed by atoms with E-state index >= 15 is 0 Å². The van der Waals surface area contributed by atoms with Crippen molar-refractivity contribution < 1.29 is 4.39 Å². The van der Waals surface area contributed by atoms with Gasteiger partial charge in [0.15, 0.2) is 0 Å². The lowest BCUT2D eigenvalue weighted by Gasteiger charge is -2.14. The molecule has 3 rings (SSSR count). The number of hydrogen-bond acceptors (Lipinski definition) is 2. The molecule has 0 aliphatic heterocycles. The number of fused-ring (bicyclic) bond motifs is 1. The molecule has 0 bridgehead atoms. The van der Waals surface area contributed by atoms with Crippen molar-refractivity contribution in [2.24, 2.45) is 0 Å². The second kappa shape index (κ2) is 5.53. The molecule has 1 heterocycles. The Morgan fingerprint density at radius 3 is 3.21 bits per heavy atom. The summed E-state index contributed by atoms with van der Waals surface area (Å²) in [5, 5.41) is 7.69. The molecule has 1 unspecified atom stereocenters. The third-order valence-corrected chi connectivity index (χ3v) is 3.70. The molecule has 100 valence electrons. The molecular formula is C15H18FN3. The number of aromatic nitrogens is 2. The topological polar surface area (TPSA) is 29.9 Å². The number of nitrogens with zero attached hydrogens (tertiary/aromatic N) is 2. The Morgan fingerprint density at radius 1 is 1.42 bits per heavy atom. The summed E-state index contributed by atoms with van der Waals surface area (Å²) >= 11 is 0. The van der Waals surface area contributed by atoms with Gasteiger partial charge in [0.2, 0.25) is 0 Å². The largest absolute Gasteiger partial charge is 0.310 e. The van der Waals surface area contributed by atoms with Gasteiger partial charge in [0.25, 0.3) is 0 Å². The lowest BCUT2D eigenvalue weighted by Crippen LogP contribution is -2.21. The predicted octanol–water partition coefficient (Wildman–Crippen LogP) is 2.69. The molecule has 1 atom stereocenters. The van der Waals surface area contributed by atoms with Crippen LogP contribution in [0.2, 0.25) is 0 Å². The molecule has 0 amide bonds. The fourth-order valence-corrected chi connectivity index (χ4v) is 2.74. The zero-order valence-corrected chi connectivity index (χ0v) is 10.8. The predicted molar refractivity (Wildman–Crippen MR) is 72.3 cm³/mol. The van der Waals surface area contributed by atoms with Crippen molar-refractivity contribution in [3.05, 3.63) is 53.6 Å². The summed E-state index contributed by atoms with van der Waals surface area (Å²) in [5.41, 5.74) is 2.42. The second-order valence-corrected chi connectivity index (χ2v) is 5.01. The van der Waals surface area contributed by atoms with E-state index < -0.39 is 0 Å². The summed E-state index contributed by atoms with van der Waals surface area (Å²) in [6, 6.07) is 7.38. The third kappa shape index (κ3) is 2.84. The van der Waals surface area contributed by atoms with Crippen LogP contribution in [0.15, 0.2) is 36.7 Å². The molecule has 2 aromatic rings. The van der Waals surface area contributed by atoms with E-state index in [-0.39, 0.29) is 5.82 Å². The smallest absolute Gasteiger partial charge is 0.123 e. The summed E-state index contributed by atoms with van der Waals surface area (Å²) in [5.74, 6) is -0.135. The van der Waals surface area contributed by atoms with Crippen LogP contribution in [-0.4, -0.2) is 16.3 Å². The molecule has 1 aliphatic rings. The van der Waals surface area contributed by atoms with E-state index in [0.29, 0.717) is 6.04 Å². The van der Waals surface area contributed by atoms with Gasteiger partial charge in [0.05, 0.1) is 0 Å². The molecule has 4 heteroatoms. The molecule has 0 fully saturated rings. The van der Waals surface area contributed by atoms with E-state index in [2.05, 4.69) is 10.4 Å². The average molecular weight is 259 g/mol. The standard InChI is InChI=1S/C15H18FN3/c16-13-5-3-12-4-6-15(14(12)11-13)17-7-1-9-19-10-2-8-18-19/h2-3,5,8,10-11,15,17H,1,4,6-7,9H2. The van der Waals surface area contributed by atoms with E-state index in [1.165, 1.54) is 5.56 Å². The number of nitrogens with one attached hydrogen (secondary N) is 1. The van der Waals surface area contributed by atoms with E-state index in [1.807, 2.05) is 23.0 Å². The molecule has 0 spiro atoms. The zero-order valence-electron chi connectivity index (χ0n) is 10.8. The summed E-state index contributed by atoms with van der Waals surface area (Å²) in [7, 11) is 0. The molecular weight excluding hydrogens is 241 g/mol. The minimum absolute atomic E-state index is 0.135. The van der Waals surface area contributed by atoms with Gasteiger partial charge in [-0.2, -0.15) is 5.10 Å². The van der Waals surface area contributed by atoms with Crippen molar-refractivity contribution >= 4 is 0 Å². The maximum Gasteiger partial charge on any atom is 0.123 e. The lowest BCUT2D eigenvalue weighted by atomic mass is 10.1. The van der Waals surface area contributed by atoms with E-state index in [1.54, 1.807) is 18.3 Å². The van der Waals surface area contributed by atoms with Crippen LogP contribution in [0.1, 0.15) is 30.0 Å². The van der Waals surface area contributed by atoms with Crippen LogP contribution in [0.25, 0.3) is 0 Å². The minimum Gasteiger partial charge on any atom is -0.310 e. The normalized spacial score (nSPS) is 17.6. The molecule has 1 aliphatic carbocycles. The average Bonchev–Trinajstić information content (AvgIpc) is 3.04. The number of hydrogen-bond donors (Lipinski definition) is 1. The second-order valence-electron chi connectivity index (χ2n) is 5.01. The molecule has 3 nitrogen and oxygen atoms in total. The van der Waals surface area contributed by atoms with E-state index in [0.717, 1.165) is 37.9 Å². The quantitative estimate of drug-likeness (QED) is 0.837. The first-order valence-corrected chi connectivity index (χ1v) is 6.82. The van der Waals surface area contributed by atoms with Crippen molar-refractivity contribution in [1.82, 2.24) is 15.1 Å². The SMILES string of the molecule is Fc1ccc2c(c1)C(NCCCn1cccn1)CC2. The van der Waals surface area contributed by atoms with Gasteiger partial charge >= 0.3 is 0 Å². The van der Waals surface area contributed by atoms with Crippen molar-refractivity contribution in [3.63, 3.8) is 0 Å². The van der Waals surface area contributed by atoms with Gasteiger partial charge in [0.1, 0.15) is 5.82 Å². The van der Waals surface area contributed by atoms with Crippen LogP contribution in [0.5, 0.6) is 0 Å². The highest BCUT2D eigenvalue weighted by Gasteiger charge is 2.21. The number of rotatable bonds is 5. The lowest BCUT2D eigenvalue weighted by molar-refractivity contribution is 0.485.